The Morgan fingerprint density at radius 3 is 2.67 bits per heavy atom. The van der Waals surface area contributed by atoms with Crippen LogP contribution in [0.3, 0.4) is 0 Å². The Morgan fingerprint density at radius 1 is 1.39 bits per heavy atom. The largest absolute Gasteiger partial charge is 0.504 e. The van der Waals surface area contributed by atoms with Crippen molar-refractivity contribution in [2.75, 3.05) is 33.3 Å². The fourth-order valence-electron chi connectivity index (χ4n) is 2.33. The lowest BCUT2D eigenvalue weighted by Gasteiger charge is -2.33. The molecule has 0 aliphatic carbocycles. The third kappa shape index (κ3) is 2.57. The predicted molar refractivity (Wildman–Crippen MR) is 67.5 cm³/mol. The molecule has 0 saturated carbocycles. The van der Waals surface area contributed by atoms with Gasteiger partial charge in [0.15, 0.2) is 11.5 Å². The Hall–Kier alpha value is -1.33. The minimum atomic E-state index is -0.387. The van der Waals surface area contributed by atoms with Crippen molar-refractivity contribution in [2.24, 2.45) is 0 Å². The van der Waals surface area contributed by atoms with E-state index in [1.807, 2.05) is 6.92 Å². The number of phenols is 1. The van der Waals surface area contributed by atoms with Gasteiger partial charge in [0.05, 0.1) is 7.11 Å². The number of ether oxygens (including phenoxy) is 1. The third-order valence-corrected chi connectivity index (χ3v) is 3.44. The molecule has 4 nitrogen and oxygen atoms in total. The van der Waals surface area contributed by atoms with Crippen molar-refractivity contribution in [3.8, 4) is 11.5 Å². The molecule has 1 fully saturated rings. The summed E-state index contributed by atoms with van der Waals surface area (Å²) in [5.74, 6) is -0.168. The van der Waals surface area contributed by atoms with Crippen molar-refractivity contribution in [1.82, 2.24) is 10.2 Å². The number of phenolic OH excluding ortho intramolecular Hbond substituents is 1. The van der Waals surface area contributed by atoms with E-state index in [0.29, 0.717) is 5.56 Å². The highest BCUT2D eigenvalue weighted by Gasteiger charge is 2.22. The first kappa shape index (κ1) is 13.1. The van der Waals surface area contributed by atoms with Gasteiger partial charge >= 0.3 is 0 Å². The van der Waals surface area contributed by atoms with Gasteiger partial charge in [0, 0.05) is 43.9 Å². The number of hydrogen-bond donors (Lipinski definition) is 2. The predicted octanol–water partition coefficient (Wildman–Crippen LogP) is 1.51. The number of nitrogens with zero attached hydrogens (tertiary/aromatic N) is 1. The number of hydrogen-bond acceptors (Lipinski definition) is 4. The molecule has 0 amide bonds. The van der Waals surface area contributed by atoms with Gasteiger partial charge in [-0.1, -0.05) is 0 Å². The van der Waals surface area contributed by atoms with Gasteiger partial charge in [0.25, 0.3) is 0 Å². The maximum absolute atomic E-state index is 13.5. The summed E-state index contributed by atoms with van der Waals surface area (Å²) in [7, 11) is 1.42. The van der Waals surface area contributed by atoms with Crippen LogP contribution in [-0.2, 0) is 0 Å². The van der Waals surface area contributed by atoms with Crippen LogP contribution < -0.4 is 10.1 Å². The van der Waals surface area contributed by atoms with Gasteiger partial charge in [-0.3, -0.25) is 4.90 Å². The van der Waals surface area contributed by atoms with Crippen LogP contribution in [0, 0.1) is 5.82 Å². The van der Waals surface area contributed by atoms with E-state index in [1.165, 1.54) is 19.2 Å². The van der Waals surface area contributed by atoms with Crippen molar-refractivity contribution < 1.29 is 14.2 Å². The third-order valence-electron chi connectivity index (χ3n) is 3.44. The van der Waals surface area contributed by atoms with Gasteiger partial charge in [-0.05, 0) is 13.0 Å². The lowest BCUT2D eigenvalue weighted by Crippen LogP contribution is -2.44. The highest BCUT2D eigenvalue weighted by Crippen LogP contribution is 2.36. The summed E-state index contributed by atoms with van der Waals surface area (Å²) in [6.45, 7) is 5.58. The lowest BCUT2D eigenvalue weighted by atomic mass is 10.0. The van der Waals surface area contributed by atoms with E-state index in [-0.39, 0.29) is 23.4 Å². The van der Waals surface area contributed by atoms with Gasteiger partial charge < -0.3 is 15.2 Å². The molecule has 0 unspecified atom stereocenters. The van der Waals surface area contributed by atoms with Gasteiger partial charge in [0.2, 0.25) is 0 Å². The SMILES string of the molecule is COc1cc(F)cc([C@@H](C)N2CCNCC2)c1O. The topological polar surface area (TPSA) is 44.7 Å². The van der Waals surface area contributed by atoms with Crippen LogP contribution in [0.5, 0.6) is 11.5 Å². The van der Waals surface area contributed by atoms with Crippen LogP contribution in [0.1, 0.15) is 18.5 Å². The number of halogens is 1. The molecule has 0 spiro atoms. The van der Waals surface area contributed by atoms with E-state index in [9.17, 15) is 9.50 Å². The summed E-state index contributed by atoms with van der Waals surface area (Å²) >= 11 is 0. The molecule has 100 valence electrons. The summed E-state index contributed by atoms with van der Waals surface area (Å²) in [4.78, 5) is 2.21. The average Bonchev–Trinajstić information content (AvgIpc) is 2.41. The zero-order valence-corrected chi connectivity index (χ0v) is 10.7. The Labute approximate surface area is 106 Å². The van der Waals surface area contributed by atoms with E-state index >= 15 is 0 Å². The van der Waals surface area contributed by atoms with Crippen molar-refractivity contribution in [3.63, 3.8) is 0 Å². The molecule has 18 heavy (non-hydrogen) atoms. The molecule has 2 rings (SSSR count). The number of nitrogens with one attached hydrogen (secondary N) is 1. The molecule has 1 aliphatic heterocycles. The van der Waals surface area contributed by atoms with E-state index in [2.05, 4.69) is 10.2 Å². The number of aromatic hydroxyl groups is 1. The van der Waals surface area contributed by atoms with Crippen LogP contribution in [0.25, 0.3) is 0 Å². The average molecular weight is 254 g/mol. The molecule has 1 aromatic rings. The monoisotopic (exact) mass is 254 g/mol. The highest BCUT2D eigenvalue weighted by molar-refractivity contribution is 5.47. The minimum absolute atomic E-state index is 0.0308. The normalized spacial score (nSPS) is 18.6. The van der Waals surface area contributed by atoms with Crippen LogP contribution >= 0.6 is 0 Å². The molecule has 0 radical (unpaired) electrons. The number of rotatable bonds is 3. The maximum atomic E-state index is 13.5. The first-order valence-corrected chi connectivity index (χ1v) is 6.14. The van der Waals surface area contributed by atoms with E-state index in [4.69, 9.17) is 4.74 Å². The summed E-state index contributed by atoms with van der Waals surface area (Å²) in [6.07, 6.45) is 0. The second kappa shape index (κ2) is 5.54. The molecule has 1 aliphatic rings. The Balaban J connectivity index is 2.28. The molecule has 0 bridgehead atoms. The number of methoxy groups -OCH3 is 1. The first-order chi connectivity index (χ1) is 8.63. The molecule has 0 aromatic heterocycles. The van der Waals surface area contributed by atoms with Crippen LogP contribution in [0.2, 0.25) is 0 Å². The zero-order valence-electron chi connectivity index (χ0n) is 10.7. The van der Waals surface area contributed by atoms with E-state index in [1.54, 1.807) is 0 Å². The maximum Gasteiger partial charge on any atom is 0.163 e. The molecule has 1 heterocycles. The summed E-state index contributed by atoms with van der Waals surface area (Å²) in [5.41, 5.74) is 0.578. The van der Waals surface area contributed by atoms with Gasteiger partial charge in [0.1, 0.15) is 5.82 Å². The Bertz CT molecular complexity index is 420. The molecule has 1 atom stereocenters. The minimum Gasteiger partial charge on any atom is -0.504 e. The first-order valence-electron chi connectivity index (χ1n) is 6.14. The quantitative estimate of drug-likeness (QED) is 0.858. The number of benzene rings is 1. The highest BCUT2D eigenvalue weighted by atomic mass is 19.1. The lowest BCUT2D eigenvalue weighted by molar-refractivity contribution is 0.182. The second-order valence-electron chi connectivity index (χ2n) is 4.51. The summed E-state index contributed by atoms with van der Waals surface area (Å²) in [5, 5.41) is 13.3. The van der Waals surface area contributed by atoms with Crippen LogP contribution in [-0.4, -0.2) is 43.3 Å². The smallest absolute Gasteiger partial charge is 0.163 e. The van der Waals surface area contributed by atoms with Gasteiger partial charge in [-0.15, -0.1) is 0 Å². The molecular weight excluding hydrogens is 235 g/mol. The van der Waals surface area contributed by atoms with Crippen LogP contribution in [0.4, 0.5) is 4.39 Å². The summed E-state index contributed by atoms with van der Waals surface area (Å²) < 4.78 is 18.5. The molecule has 5 heteroatoms. The van der Waals surface area contributed by atoms with Crippen molar-refractivity contribution >= 4 is 0 Å². The second-order valence-corrected chi connectivity index (χ2v) is 4.51. The number of piperazine rings is 1. The Kier molecular flexibility index (Phi) is 4.04. The van der Waals surface area contributed by atoms with Crippen molar-refractivity contribution in [1.29, 1.82) is 0 Å². The Morgan fingerprint density at radius 2 is 2.06 bits per heavy atom. The molecule has 1 aromatic carbocycles. The fraction of sp³-hybridized carbons (Fsp3) is 0.538. The molecule has 2 N–H and O–H groups in total. The van der Waals surface area contributed by atoms with Crippen molar-refractivity contribution in [2.45, 2.75) is 13.0 Å². The molecular formula is C13H19FN2O2. The van der Waals surface area contributed by atoms with Crippen LogP contribution in [0.15, 0.2) is 12.1 Å². The van der Waals surface area contributed by atoms with E-state index < -0.39 is 0 Å². The molecule has 1 saturated heterocycles. The van der Waals surface area contributed by atoms with E-state index in [0.717, 1.165) is 26.2 Å². The standard InChI is InChI=1S/C13H19FN2O2/c1-9(16-5-3-15-4-6-16)11-7-10(14)8-12(18-2)13(11)17/h7-9,15,17H,3-6H2,1-2H3/t9-/m1/s1. The summed E-state index contributed by atoms with van der Waals surface area (Å²) in [6, 6.07) is 2.55. The van der Waals surface area contributed by atoms with Crippen molar-refractivity contribution in [3.05, 3.63) is 23.5 Å². The zero-order chi connectivity index (χ0) is 13.1. The van der Waals surface area contributed by atoms with Gasteiger partial charge in [-0.25, -0.2) is 4.39 Å². The van der Waals surface area contributed by atoms with Gasteiger partial charge in [-0.2, -0.15) is 0 Å². The fourth-order valence-corrected chi connectivity index (χ4v) is 2.33.